The molecular formula is C12H13ClN2O3. The predicted molar refractivity (Wildman–Crippen MR) is 69.0 cm³/mol. The number of benzene rings is 1. The van der Waals surface area contributed by atoms with Gasteiger partial charge in [-0.3, -0.25) is 9.36 Å². The Morgan fingerprint density at radius 1 is 1.50 bits per heavy atom. The number of hydrogen-bond donors (Lipinski definition) is 0. The Hall–Kier alpha value is -1.75. The molecule has 0 fully saturated rings. The van der Waals surface area contributed by atoms with E-state index in [2.05, 4.69) is 0 Å². The van der Waals surface area contributed by atoms with Crippen LogP contribution in [0.25, 0.3) is 11.1 Å². The standard InChI is InChI=1S/C12H13ClN2O3/c1-14(11(13)16)6-5-8-3-4-10-9(7-8)15(2)12(17)18-10/h3-4,7H,5-6H2,1-2H3. The maximum atomic E-state index is 11.3. The molecule has 0 radical (unpaired) electrons. The quantitative estimate of drug-likeness (QED) is 0.632. The molecule has 1 aromatic heterocycles. The highest BCUT2D eigenvalue weighted by molar-refractivity contribution is 6.62. The maximum absolute atomic E-state index is 11.3. The number of amides is 1. The SMILES string of the molecule is CN(CCc1ccc2oc(=O)n(C)c2c1)C(=O)Cl. The number of halogens is 1. The Balaban J connectivity index is 2.22. The molecular weight excluding hydrogens is 256 g/mol. The summed E-state index contributed by atoms with van der Waals surface area (Å²) in [5.74, 6) is -0.379. The first kappa shape index (κ1) is 12.7. The summed E-state index contributed by atoms with van der Waals surface area (Å²) in [5.41, 5.74) is 2.33. The largest absolute Gasteiger partial charge is 0.419 e. The van der Waals surface area contributed by atoms with Crippen LogP contribution < -0.4 is 5.76 Å². The van der Waals surface area contributed by atoms with E-state index in [-0.39, 0.29) is 5.76 Å². The molecule has 0 unspecified atom stereocenters. The fraction of sp³-hybridized carbons (Fsp3) is 0.333. The van der Waals surface area contributed by atoms with Crippen molar-refractivity contribution < 1.29 is 9.21 Å². The zero-order valence-corrected chi connectivity index (χ0v) is 10.9. The van der Waals surface area contributed by atoms with Gasteiger partial charge in [0.25, 0.3) is 0 Å². The molecule has 0 spiro atoms. The number of likely N-dealkylation sites (N-methyl/N-ethyl adjacent to an activating group) is 1. The normalized spacial score (nSPS) is 10.8. The third kappa shape index (κ3) is 2.41. The molecule has 2 aromatic rings. The van der Waals surface area contributed by atoms with E-state index in [1.165, 1.54) is 9.47 Å². The lowest BCUT2D eigenvalue weighted by Crippen LogP contribution is -2.23. The van der Waals surface area contributed by atoms with Gasteiger partial charge < -0.3 is 9.32 Å². The number of oxazole rings is 1. The van der Waals surface area contributed by atoms with E-state index in [4.69, 9.17) is 16.0 Å². The van der Waals surface area contributed by atoms with E-state index in [0.717, 1.165) is 11.1 Å². The summed E-state index contributed by atoms with van der Waals surface area (Å²) in [6.07, 6.45) is 0.671. The molecule has 1 amide bonds. The molecule has 1 aromatic carbocycles. The number of fused-ring (bicyclic) bond motifs is 1. The number of nitrogens with zero attached hydrogens (tertiary/aromatic N) is 2. The van der Waals surface area contributed by atoms with Crippen LogP contribution in [0.3, 0.4) is 0 Å². The zero-order valence-electron chi connectivity index (χ0n) is 10.1. The third-order valence-electron chi connectivity index (χ3n) is 2.89. The first-order valence-electron chi connectivity index (χ1n) is 5.48. The Bertz CT molecular complexity index is 644. The first-order chi connectivity index (χ1) is 8.49. The van der Waals surface area contributed by atoms with E-state index in [0.29, 0.717) is 18.5 Å². The minimum Gasteiger partial charge on any atom is -0.408 e. The number of carbonyl (C=O) groups excluding carboxylic acids is 1. The van der Waals surface area contributed by atoms with Crippen LogP contribution in [0.5, 0.6) is 0 Å². The average Bonchev–Trinajstić information content (AvgIpc) is 2.62. The van der Waals surface area contributed by atoms with E-state index >= 15 is 0 Å². The van der Waals surface area contributed by atoms with Crippen molar-refractivity contribution in [1.82, 2.24) is 9.47 Å². The van der Waals surface area contributed by atoms with Crippen molar-refractivity contribution >= 4 is 28.1 Å². The molecule has 0 aliphatic rings. The minimum atomic E-state index is -0.480. The van der Waals surface area contributed by atoms with E-state index in [1.807, 2.05) is 12.1 Å². The molecule has 2 rings (SSSR count). The van der Waals surface area contributed by atoms with Crippen LogP contribution in [0.4, 0.5) is 4.79 Å². The maximum Gasteiger partial charge on any atom is 0.419 e. The molecule has 0 aliphatic heterocycles. The van der Waals surface area contributed by atoms with Crippen LogP contribution in [0.1, 0.15) is 5.56 Å². The third-order valence-corrected chi connectivity index (χ3v) is 3.18. The summed E-state index contributed by atoms with van der Waals surface area (Å²) >= 11 is 5.34. The van der Waals surface area contributed by atoms with E-state index < -0.39 is 5.37 Å². The number of carbonyl (C=O) groups is 1. The highest BCUT2D eigenvalue weighted by Gasteiger charge is 2.08. The molecule has 1 heterocycles. The van der Waals surface area contributed by atoms with Crippen LogP contribution in [0.15, 0.2) is 27.4 Å². The smallest absolute Gasteiger partial charge is 0.408 e. The molecule has 6 heteroatoms. The fourth-order valence-electron chi connectivity index (χ4n) is 1.71. The number of aryl methyl sites for hydroxylation is 1. The lowest BCUT2D eigenvalue weighted by molar-refractivity contribution is 0.232. The summed E-state index contributed by atoms with van der Waals surface area (Å²) in [6, 6.07) is 5.51. The second-order valence-electron chi connectivity index (χ2n) is 4.15. The van der Waals surface area contributed by atoms with Crippen molar-refractivity contribution in [2.75, 3.05) is 13.6 Å². The van der Waals surface area contributed by atoms with Crippen molar-refractivity contribution in [3.05, 3.63) is 34.3 Å². The molecule has 0 aliphatic carbocycles. The Labute approximate surface area is 109 Å². The van der Waals surface area contributed by atoms with Gasteiger partial charge in [0, 0.05) is 20.6 Å². The van der Waals surface area contributed by atoms with Crippen molar-refractivity contribution in [2.45, 2.75) is 6.42 Å². The summed E-state index contributed by atoms with van der Waals surface area (Å²) in [6.45, 7) is 0.527. The number of hydrogen-bond acceptors (Lipinski definition) is 3. The van der Waals surface area contributed by atoms with E-state index in [1.54, 1.807) is 20.2 Å². The Morgan fingerprint density at radius 2 is 2.22 bits per heavy atom. The average molecular weight is 269 g/mol. The van der Waals surface area contributed by atoms with Crippen molar-refractivity contribution in [2.24, 2.45) is 7.05 Å². The van der Waals surface area contributed by atoms with Crippen molar-refractivity contribution in [3.8, 4) is 0 Å². The topological polar surface area (TPSA) is 55.5 Å². The Morgan fingerprint density at radius 3 is 2.89 bits per heavy atom. The van der Waals surface area contributed by atoms with Gasteiger partial charge >= 0.3 is 11.1 Å². The van der Waals surface area contributed by atoms with Gasteiger partial charge in [0.1, 0.15) is 0 Å². The van der Waals surface area contributed by atoms with Crippen molar-refractivity contribution in [3.63, 3.8) is 0 Å². The lowest BCUT2D eigenvalue weighted by atomic mass is 10.1. The summed E-state index contributed by atoms with van der Waals surface area (Å²) in [5, 5.41) is -0.480. The molecule has 0 saturated heterocycles. The van der Waals surface area contributed by atoms with Crippen LogP contribution in [-0.2, 0) is 13.5 Å². The molecule has 0 N–H and O–H groups in total. The second kappa shape index (κ2) is 4.86. The van der Waals surface area contributed by atoms with Crippen molar-refractivity contribution in [1.29, 1.82) is 0 Å². The highest BCUT2D eigenvalue weighted by atomic mass is 35.5. The minimum absolute atomic E-state index is 0.379. The van der Waals surface area contributed by atoms with Crippen LogP contribution in [-0.4, -0.2) is 28.4 Å². The summed E-state index contributed by atoms with van der Waals surface area (Å²) < 4.78 is 6.49. The number of aromatic nitrogens is 1. The first-order valence-corrected chi connectivity index (χ1v) is 5.86. The highest BCUT2D eigenvalue weighted by Crippen LogP contribution is 2.14. The van der Waals surface area contributed by atoms with Gasteiger partial charge in [-0.1, -0.05) is 6.07 Å². The zero-order chi connectivity index (χ0) is 13.3. The lowest BCUT2D eigenvalue weighted by Gasteiger charge is -2.12. The molecule has 18 heavy (non-hydrogen) atoms. The van der Waals surface area contributed by atoms with Gasteiger partial charge in [-0.15, -0.1) is 0 Å². The van der Waals surface area contributed by atoms with E-state index in [9.17, 15) is 9.59 Å². The molecule has 0 saturated carbocycles. The van der Waals surface area contributed by atoms with Gasteiger partial charge in [-0.05, 0) is 35.7 Å². The predicted octanol–water partition coefficient (Wildman–Crippen LogP) is 1.96. The molecule has 0 atom stereocenters. The number of rotatable bonds is 3. The summed E-state index contributed by atoms with van der Waals surface area (Å²) in [7, 11) is 3.30. The molecule has 96 valence electrons. The van der Waals surface area contributed by atoms with Crippen LogP contribution in [0.2, 0.25) is 0 Å². The second-order valence-corrected chi connectivity index (χ2v) is 4.48. The van der Waals surface area contributed by atoms with Crippen LogP contribution in [0, 0.1) is 0 Å². The van der Waals surface area contributed by atoms with Gasteiger partial charge in [-0.25, -0.2) is 4.79 Å². The monoisotopic (exact) mass is 268 g/mol. The van der Waals surface area contributed by atoms with Crippen LogP contribution >= 0.6 is 11.6 Å². The van der Waals surface area contributed by atoms with Gasteiger partial charge in [0.05, 0.1) is 5.52 Å². The molecule has 0 bridgehead atoms. The summed E-state index contributed by atoms with van der Waals surface area (Å²) in [4.78, 5) is 23.6. The van der Waals surface area contributed by atoms with Gasteiger partial charge in [0.15, 0.2) is 5.58 Å². The fourth-order valence-corrected chi connectivity index (χ4v) is 1.80. The van der Waals surface area contributed by atoms with Gasteiger partial charge in [-0.2, -0.15) is 0 Å². The molecule has 5 nitrogen and oxygen atoms in total. The Kier molecular flexibility index (Phi) is 3.43. The van der Waals surface area contributed by atoms with Gasteiger partial charge in [0.2, 0.25) is 0 Å².